The lowest BCUT2D eigenvalue weighted by Gasteiger charge is -2.11. The third-order valence-electron chi connectivity index (χ3n) is 3.30. The number of aryl methyl sites for hydroxylation is 1. The molecule has 2 amide bonds. The van der Waals surface area contributed by atoms with Crippen LogP contribution in [0.5, 0.6) is 5.75 Å². The third-order valence-corrected chi connectivity index (χ3v) is 4.14. The molecule has 0 heterocycles. The fraction of sp³-hybridized carbons (Fsp3) is 0.235. The molecule has 0 aliphatic rings. The van der Waals surface area contributed by atoms with Crippen molar-refractivity contribution in [1.29, 1.82) is 0 Å². The van der Waals surface area contributed by atoms with Crippen LogP contribution in [-0.2, 0) is 0 Å². The van der Waals surface area contributed by atoms with Gasteiger partial charge in [0.15, 0.2) is 0 Å². The number of halogens is 2. The Labute approximate surface area is 145 Å². The Balaban J connectivity index is 1.76. The van der Waals surface area contributed by atoms with E-state index in [4.69, 9.17) is 27.9 Å². The van der Waals surface area contributed by atoms with Crippen LogP contribution in [0.3, 0.4) is 0 Å². The summed E-state index contributed by atoms with van der Waals surface area (Å²) in [4.78, 5) is 11.8. The van der Waals surface area contributed by atoms with Crippen LogP contribution >= 0.6 is 23.2 Å². The van der Waals surface area contributed by atoms with Crippen molar-refractivity contribution in [3.63, 3.8) is 0 Å². The Morgan fingerprint density at radius 1 is 1.13 bits per heavy atom. The lowest BCUT2D eigenvalue weighted by atomic mass is 10.2. The van der Waals surface area contributed by atoms with Gasteiger partial charge in [0.2, 0.25) is 0 Å². The lowest BCUT2D eigenvalue weighted by Crippen LogP contribution is -2.32. The fourth-order valence-electron chi connectivity index (χ4n) is 1.95. The number of ether oxygens (including phenoxy) is 1. The van der Waals surface area contributed by atoms with Crippen LogP contribution < -0.4 is 15.4 Å². The average molecular weight is 353 g/mol. The first-order valence-corrected chi connectivity index (χ1v) is 7.92. The molecule has 2 aromatic rings. The van der Waals surface area contributed by atoms with Crippen molar-refractivity contribution in [2.24, 2.45) is 0 Å². The van der Waals surface area contributed by atoms with E-state index in [0.29, 0.717) is 28.9 Å². The highest BCUT2D eigenvalue weighted by Gasteiger charge is 2.06. The molecule has 2 N–H and O–H groups in total. The molecule has 0 atom stereocenters. The van der Waals surface area contributed by atoms with E-state index >= 15 is 0 Å². The number of rotatable bonds is 5. The van der Waals surface area contributed by atoms with E-state index < -0.39 is 0 Å². The van der Waals surface area contributed by atoms with Crippen LogP contribution in [-0.4, -0.2) is 19.2 Å². The van der Waals surface area contributed by atoms with Gasteiger partial charge in [-0.3, -0.25) is 0 Å². The van der Waals surface area contributed by atoms with Gasteiger partial charge in [-0.1, -0.05) is 29.3 Å². The maximum absolute atomic E-state index is 11.8. The molecule has 122 valence electrons. The predicted molar refractivity (Wildman–Crippen MR) is 94.9 cm³/mol. The highest BCUT2D eigenvalue weighted by molar-refractivity contribution is 6.32. The Kier molecular flexibility index (Phi) is 6.13. The van der Waals surface area contributed by atoms with Crippen molar-refractivity contribution in [1.82, 2.24) is 5.32 Å². The minimum absolute atomic E-state index is 0.300. The van der Waals surface area contributed by atoms with Crippen molar-refractivity contribution < 1.29 is 9.53 Å². The second-order valence-electron chi connectivity index (χ2n) is 5.05. The molecule has 0 aliphatic carbocycles. The summed E-state index contributed by atoms with van der Waals surface area (Å²) < 4.78 is 5.56. The number of carbonyl (C=O) groups is 1. The molecule has 2 aromatic carbocycles. The van der Waals surface area contributed by atoms with Crippen LogP contribution in [0.2, 0.25) is 10.0 Å². The quantitative estimate of drug-likeness (QED) is 0.758. The van der Waals surface area contributed by atoms with Crippen LogP contribution in [0.4, 0.5) is 10.5 Å². The first-order valence-electron chi connectivity index (χ1n) is 7.16. The number of nitrogens with one attached hydrogen (secondary N) is 2. The second-order valence-corrected chi connectivity index (χ2v) is 5.87. The van der Waals surface area contributed by atoms with Crippen molar-refractivity contribution >= 4 is 34.9 Å². The number of hydrogen-bond acceptors (Lipinski definition) is 2. The SMILES string of the molecule is Cc1cc(OCCNC(=O)Nc2cccc(Cl)c2C)ccc1Cl. The maximum atomic E-state index is 11.8. The van der Waals surface area contributed by atoms with E-state index in [1.165, 1.54) is 0 Å². The highest BCUT2D eigenvalue weighted by Crippen LogP contribution is 2.23. The van der Waals surface area contributed by atoms with E-state index in [-0.39, 0.29) is 6.03 Å². The average Bonchev–Trinajstić information content (AvgIpc) is 2.52. The van der Waals surface area contributed by atoms with E-state index in [2.05, 4.69) is 10.6 Å². The first-order chi connectivity index (χ1) is 11.0. The summed E-state index contributed by atoms with van der Waals surface area (Å²) in [5.41, 5.74) is 2.47. The summed E-state index contributed by atoms with van der Waals surface area (Å²) in [5.74, 6) is 0.722. The normalized spacial score (nSPS) is 10.3. The van der Waals surface area contributed by atoms with E-state index in [1.54, 1.807) is 30.3 Å². The van der Waals surface area contributed by atoms with Gasteiger partial charge in [0.1, 0.15) is 12.4 Å². The topological polar surface area (TPSA) is 50.4 Å². The molecule has 0 bridgehead atoms. The zero-order valence-corrected chi connectivity index (χ0v) is 14.5. The summed E-state index contributed by atoms with van der Waals surface area (Å²) in [7, 11) is 0. The smallest absolute Gasteiger partial charge is 0.319 e. The molecule has 6 heteroatoms. The molecule has 0 saturated heterocycles. The first kappa shape index (κ1) is 17.4. The molecule has 0 aromatic heterocycles. The number of carbonyl (C=O) groups excluding carboxylic acids is 1. The van der Waals surface area contributed by atoms with E-state index in [9.17, 15) is 4.79 Å². The number of amides is 2. The van der Waals surface area contributed by atoms with Crippen LogP contribution in [0.15, 0.2) is 36.4 Å². The monoisotopic (exact) mass is 352 g/mol. The minimum Gasteiger partial charge on any atom is -0.492 e. The summed E-state index contributed by atoms with van der Waals surface area (Å²) >= 11 is 12.0. The summed E-state index contributed by atoms with van der Waals surface area (Å²) in [5, 5.41) is 6.80. The number of benzene rings is 2. The molecule has 4 nitrogen and oxygen atoms in total. The van der Waals surface area contributed by atoms with Crippen molar-refractivity contribution in [3.8, 4) is 5.75 Å². The van der Waals surface area contributed by atoms with Gasteiger partial charge in [-0.2, -0.15) is 0 Å². The summed E-state index contributed by atoms with van der Waals surface area (Å²) in [6.07, 6.45) is 0. The highest BCUT2D eigenvalue weighted by atomic mass is 35.5. The Hall–Kier alpha value is -1.91. The fourth-order valence-corrected chi connectivity index (χ4v) is 2.24. The van der Waals surface area contributed by atoms with Crippen LogP contribution in [0.25, 0.3) is 0 Å². The molecule has 0 radical (unpaired) electrons. The van der Waals surface area contributed by atoms with Gasteiger partial charge in [-0.15, -0.1) is 0 Å². The van der Waals surface area contributed by atoms with Gasteiger partial charge >= 0.3 is 6.03 Å². The second kappa shape index (κ2) is 8.09. The molecule has 0 saturated carbocycles. The van der Waals surface area contributed by atoms with Crippen LogP contribution in [0.1, 0.15) is 11.1 Å². The third kappa shape index (κ3) is 5.05. The number of urea groups is 1. The summed E-state index contributed by atoms with van der Waals surface area (Å²) in [6, 6.07) is 10.5. The van der Waals surface area contributed by atoms with Gasteiger partial charge in [0.25, 0.3) is 0 Å². The molecule has 0 spiro atoms. The van der Waals surface area contributed by atoms with Crippen molar-refractivity contribution in [3.05, 3.63) is 57.6 Å². The van der Waals surface area contributed by atoms with Gasteiger partial charge in [-0.25, -0.2) is 4.79 Å². The number of hydrogen-bond donors (Lipinski definition) is 2. The van der Waals surface area contributed by atoms with Gasteiger partial charge in [0.05, 0.1) is 6.54 Å². The van der Waals surface area contributed by atoms with Gasteiger partial charge in [-0.05, 0) is 55.3 Å². The van der Waals surface area contributed by atoms with Gasteiger partial charge < -0.3 is 15.4 Å². The van der Waals surface area contributed by atoms with E-state index in [1.807, 2.05) is 19.9 Å². The zero-order chi connectivity index (χ0) is 16.8. The van der Waals surface area contributed by atoms with Crippen molar-refractivity contribution in [2.45, 2.75) is 13.8 Å². The molecule has 2 rings (SSSR count). The largest absolute Gasteiger partial charge is 0.492 e. The number of anilines is 1. The van der Waals surface area contributed by atoms with Crippen LogP contribution in [0, 0.1) is 13.8 Å². The Morgan fingerprint density at radius 3 is 2.65 bits per heavy atom. The molecule has 23 heavy (non-hydrogen) atoms. The molecular weight excluding hydrogens is 335 g/mol. The lowest BCUT2D eigenvalue weighted by molar-refractivity contribution is 0.247. The minimum atomic E-state index is -0.300. The van der Waals surface area contributed by atoms with E-state index in [0.717, 1.165) is 16.9 Å². The molecule has 0 aliphatic heterocycles. The zero-order valence-electron chi connectivity index (χ0n) is 13.0. The molecular formula is C17H18Cl2N2O2. The van der Waals surface area contributed by atoms with Crippen molar-refractivity contribution in [2.75, 3.05) is 18.5 Å². The van der Waals surface area contributed by atoms with Gasteiger partial charge in [0, 0.05) is 15.7 Å². The molecule has 0 unspecified atom stereocenters. The Bertz CT molecular complexity index is 705. The molecule has 0 fully saturated rings. The standard InChI is InChI=1S/C17H18Cl2N2O2/c1-11-10-13(6-7-14(11)18)23-9-8-20-17(22)21-16-5-3-4-15(19)12(16)2/h3-7,10H,8-9H2,1-2H3,(H2,20,21,22). The maximum Gasteiger partial charge on any atom is 0.319 e. The Morgan fingerprint density at radius 2 is 1.91 bits per heavy atom. The summed E-state index contributed by atoms with van der Waals surface area (Å²) in [6.45, 7) is 4.51. The predicted octanol–water partition coefficient (Wildman–Crippen LogP) is 4.81.